The fraction of sp³-hybridized carbons (Fsp3) is 0.611. The van der Waals surface area contributed by atoms with Crippen LogP contribution in [-0.2, 0) is 16.1 Å². The van der Waals surface area contributed by atoms with Crippen LogP contribution in [0.25, 0.3) is 10.9 Å². The smallest absolute Gasteiger partial charge is 0.278 e. The standard InChI is InChI=1S/C18H24N4O3/c23-18-16-7-1-2-8-17(16)19-20-22(18)13-21(11-14-5-3-9-24-14)12-15-6-4-10-25-15/h1-2,7-8,14-15H,3-6,9-13H2. The zero-order valence-corrected chi connectivity index (χ0v) is 14.3. The van der Waals surface area contributed by atoms with E-state index in [2.05, 4.69) is 15.2 Å². The first-order valence-electron chi connectivity index (χ1n) is 9.08. The SMILES string of the molecule is O=c1c2ccccc2nnn1CN(CC1CCCO1)CC1CCCO1. The van der Waals surface area contributed by atoms with Crippen molar-refractivity contribution in [2.24, 2.45) is 0 Å². The van der Waals surface area contributed by atoms with E-state index in [0.29, 0.717) is 17.6 Å². The normalized spacial score (nSPS) is 23.7. The van der Waals surface area contributed by atoms with Gasteiger partial charge < -0.3 is 9.47 Å². The summed E-state index contributed by atoms with van der Waals surface area (Å²) in [5.41, 5.74) is 0.531. The van der Waals surface area contributed by atoms with Crippen LogP contribution in [0.1, 0.15) is 25.7 Å². The summed E-state index contributed by atoms with van der Waals surface area (Å²) in [6.07, 6.45) is 4.80. The van der Waals surface area contributed by atoms with E-state index in [4.69, 9.17) is 9.47 Å². The van der Waals surface area contributed by atoms with Crippen LogP contribution in [0.4, 0.5) is 0 Å². The minimum absolute atomic E-state index is 0.102. The average Bonchev–Trinajstić information content (AvgIpc) is 3.32. The van der Waals surface area contributed by atoms with Gasteiger partial charge >= 0.3 is 0 Å². The second-order valence-corrected chi connectivity index (χ2v) is 6.86. The summed E-state index contributed by atoms with van der Waals surface area (Å²) >= 11 is 0. The Bertz CT molecular complexity index is 748. The summed E-state index contributed by atoms with van der Waals surface area (Å²) in [5.74, 6) is 0. The molecule has 134 valence electrons. The molecule has 1 aromatic carbocycles. The molecular weight excluding hydrogens is 320 g/mol. The number of hydrogen-bond acceptors (Lipinski definition) is 6. The molecule has 7 heteroatoms. The van der Waals surface area contributed by atoms with Crippen LogP contribution in [0.5, 0.6) is 0 Å². The van der Waals surface area contributed by atoms with Crippen LogP contribution in [0.2, 0.25) is 0 Å². The van der Waals surface area contributed by atoms with Crippen molar-refractivity contribution in [1.82, 2.24) is 19.9 Å². The third kappa shape index (κ3) is 3.89. The van der Waals surface area contributed by atoms with Gasteiger partial charge in [0, 0.05) is 26.3 Å². The zero-order valence-electron chi connectivity index (χ0n) is 14.3. The summed E-state index contributed by atoms with van der Waals surface area (Å²) in [7, 11) is 0. The molecule has 2 atom stereocenters. The second-order valence-electron chi connectivity index (χ2n) is 6.86. The fourth-order valence-electron chi connectivity index (χ4n) is 3.65. The predicted molar refractivity (Wildman–Crippen MR) is 93.3 cm³/mol. The van der Waals surface area contributed by atoms with Crippen molar-refractivity contribution >= 4 is 10.9 Å². The van der Waals surface area contributed by atoms with Crippen LogP contribution < -0.4 is 5.56 Å². The van der Waals surface area contributed by atoms with Gasteiger partial charge in [0.2, 0.25) is 0 Å². The number of fused-ring (bicyclic) bond motifs is 1. The largest absolute Gasteiger partial charge is 0.377 e. The molecule has 2 aliphatic heterocycles. The number of aromatic nitrogens is 3. The number of hydrogen-bond donors (Lipinski definition) is 0. The molecule has 2 unspecified atom stereocenters. The topological polar surface area (TPSA) is 69.5 Å². The van der Waals surface area contributed by atoms with Gasteiger partial charge in [0.15, 0.2) is 0 Å². The quantitative estimate of drug-likeness (QED) is 0.789. The van der Waals surface area contributed by atoms with Crippen LogP contribution in [0.3, 0.4) is 0 Å². The van der Waals surface area contributed by atoms with E-state index in [0.717, 1.165) is 52.0 Å². The van der Waals surface area contributed by atoms with E-state index in [1.54, 1.807) is 6.07 Å². The van der Waals surface area contributed by atoms with Gasteiger partial charge in [-0.15, -0.1) is 5.10 Å². The third-order valence-corrected chi connectivity index (χ3v) is 4.93. The lowest BCUT2D eigenvalue weighted by Gasteiger charge is -2.27. The maximum absolute atomic E-state index is 12.7. The highest BCUT2D eigenvalue weighted by molar-refractivity contribution is 5.76. The highest BCUT2D eigenvalue weighted by Gasteiger charge is 2.24. The van der Waals surface area contributed by atoms with Crippen molar-refractivity contribution in [3.05, 3.63) is 34.6 Å². The van der Waals surface area contributed by atoms with Gasteiger partial charge in [-0.2, -0.15) is 4.68 Å². The summed E-state index contributed by atoms with van der Waals surface area (Å²) in [6, 6.07) is 7.33. The van der Waals surface area contributed by atoms with E-state index in [9.17, 15) is 4.79 Å². The van der Waals surface area contributed by atoms with Crippen LogP contribution in [0.15, 0.2) is 29.1 Å². The molecule has 2 aromatic rings. The lowest BCUT2D eigenvalue weighted by Crippen LogP contribution is -2.42. The average molecular weight is 344 g/mol. The van der Waals surface area contributed by atoms with Gasteiger partial charge in [-0.25, -0.2) is 0 Å². The van der Waals surface area contributed by atoms with Crippen molar-refractivity contribution in [3.63, 3.8) is 0 Å². The number of nitrogens with zero attached hydrogens (tertiary/aromatic N) is 4. The molecule has 0 amide bonds. The predicted octanol–water partition coefficient (Wildman–Crippen LogP) is 1.41. The molecule has 1 aromatic heterocycles. The van der Waals surface area contributed by atoms with E-state index in [1.165, 1.54) is 4.68 Å². The number of ether oxygens (including phenoxy) is 2. The summed E-state index contributed by atoms with van der Waals surface area (Å²) in [6.45, 7) is 3.65. The number of rotatable bonds is 6. The maximum Gasteiger partial charge on any atom is 0.278 e. The van der Waals surface area contributed by atoms with Gasteiger partial charge in [-0.05, 0) is 37.8 Å². The van der Waals surface area contributed by atoms with Crippen molar-refractivity contribution < 1.29 is 9.47 Å². The lowest BCUT2D eigenvalue weighted by atomic mass is 10.2. The highest BCUT2D eigenvalue weighted by atomic mass is 16.5. The Hall–Kier alpha value is -1.83. The van der Waals surface area contributed by atoms with Gasteiger partial charge in [0.25, 0.3) is 5.56 Å². The summed E-state index contributed by atoms with van der Waals surface area (Å²) in [4.78, 5) is 14.9. The molecule has 25 heavy (non-hydrogen) atoms. The zero-order chi connectivity index (χ0) is 17.1. The Kier molecular flexibility index (Phi) is 5.05. The second kappa shape index (κ2) is 7.59. The lowest BCUT2D eigenvalue weighted by molar-refractivity contribution is 0.0226. The third-order valence-electron chi connectivity index (χ3n) is 4.93. The molecular formula is C18H24N4O3. The first-order chi connectivity index (χ1) is 12.3. The van der Waals surface area contributed by atoms with Gasteiger partial charge in [-0.1, -0.05) is 17.3 Å². The first-order valence-corrected chi connectivity index (χ1v) is 9.08. The fourth-order valence-corrected chi connectivity index (χ4v) is 3.65. The molecule has 2 saturated heterocycles. The molecule has 0 radical (unpaired) electrons. The number of benzene rings is 1. The van der Waals surface area contributed by atoms with Gasteiger partial charge in [0.1, 0.15) is 5.52 Å². The van der Waals surface area contributed by atoms with Crippen molar-refractivity contribution in [2.45, 2.75) is 44.6 Å². The molecule has 4 rings (SSSR count). The Morgan fingerprint density at radius 3 is 2.40 bits per heavy atom. The van der Waals surface area contributed by atoms with Crippen LogP contribution in [-0.4, -0.2) is 58.4 Å². The van der Waals surface area contributed by atoms with E-state index in [1.807, 2.05) is 18.2 Å². The molecule has 0 N–H and O–H groups in total. The Labute approximate surface area is 146 Å². The molecule has 0 spiro atoms. The van der Waals surface area contributed by atoms with E-state index in [-0.39, 0.29) is 17.8 Å². The van der Waals surface area contributed by atoms with Gasteiger partial charge in [-0.3, -0.25) is 9.69 Å². The molecule has 7 nitrogen and oxygen atoms in total. The Morgan fingerprint density at radius 1 is 1.08 bits per heavy atom. The van der Waals surface area contributed by atoms with Crippen molar-refractivity contribution in [3.8, 4) is 0 Å². The minimum atomic E-state index is -0.102. The maximum atomic E-state index is 12.7. The monoisotopic (exact) mass is 344 g/mol. The molecule has 0 aliphatic carbocycles. The highest BCUT2D eigenvalue weighted by Crippen LogP contribution is 2.17. The molecule has 2 fully saturated rings. The molecule has 0 bridgehead atoms. The summed E-state index contributed by atoms with van der Waals surface area (Å²) in [5, 5.41) is 8.91. The summed E-state index contributed by atoms with van der Waals surface area (Å²) < 4.78 is 13.0. The molecule has 2 aliphatic rings. The Morgan fingerprint density at radius 2 is 1.76 bits per heavy atom. The minimum Gasteiger partial charge on any atom is -0.377 e. The van der Waals surface area contributed by atoms with Crippen LogP contribution >= 0.6 is 0 Å². The van der Waals surface area contributed by atoms with Crippen molar-refractivity contribution in [2.75, 3.05) is 26.3 Å². The van der Waals surface area contributed by atoms with Crippen molar-refractivity contribution in [1.29, 1.82) is 0 Å². The molecule has 3 heterocycles. The van der Waals surface area contributed by atoms with Crippen LogP contribution in [0, 0.1) is 0 Å². The van der Waals surface area contributed by atoms with E-state index >= 15 is 0 Å². The Balaban J connectivity index is 1.54. The van der Waals surface area contributed by atoms with E-state index < -0.39 is 0 Å². The van der Waals surface area contributed by atoms with Gasteiger partial charge in [0.05, 0.1) is 24.3 Å². The first kappa shape index (κ1) is 16.6. The molecule has 0 saturated carbocycles.